The second-order valence-corrected chi connectivity index (χ2v) is 4.86. The van der Waals surface area contributed by atoms with Gasteiger partial charge in [0.15, 0.2) is 0 Å². The number of rotatable bonds is 0. The molecule has 0 radical (unpaired) electrons. The summed E-state index contributed by atoms with van der Waals surface area (Å²) in [6, 6.07) is 0. The van der Waals surface area contributed by atoms with E-state index in [-0.39, 0.29) is 0 Å². The summed E-state index contributed by atoms with van der Waals surface area (Å²) in [6.45, 7) is 2.29. The molecule has 0 amide bonds. The van der Waals surface area contributed by atoms with Gasteiger partial charge in [-0.25, -0.2) is 0 Å². The third-order valence-corrected chi connectivity index (χ3v) is 3.80. The lowest BCUT2D eigenvalue weighted by molar-refractivity contribution is 1.10. The molecule has 0 aliphatic carbocycles. The zero-order valence-corrected chi connectivity index (χ0v) is 6.15. The molecule has 0 aromatic rings. The normalized spacial score (nSPS) is 25.3. The molecule has 0 unspecified atom stereocenters. The van der Waals surface area contributed by atoms with E-state index in [9.17, 15) is 0 Å². The minimum Gasteiger partial charge on any atom is -0.148 e. The van der Waals surface area contributed by atoms with Gasteiger partial charge in [-0.1, -0.05) is 0 Å². The van der Waals surface area contributed by atoms with Crippen LogP contribution in [-0.2, 0) is 0 Å². The molecular formula is C5H10S2. The van der Waals surface area contributed by atoms with Crippen molar-refractivity contribution in [3.8, 4) is 0 Å². The Morgan fingerprint density at radius 2 is 1.86 bits per heavy atom. The summed E-state index contributed by atoms with van der Waals surface area (Å²) in [5, 5.41) is 0. The van der Waals surface area contributed by atoms with Crippen LogP contribution in [0.25, 0.3) is 0 Å². The lowest BCUT2D eigenvalue weighted by Crippen LogP contribution is -2.00. The summed E-state index contributed by atoms with van der Waals surface area (Å²) in [5.41, 5.74) is 0. The van der Waals surface area contributed by atoms with Gasteiger partial charge in [0.25, 0.3) is 0 Å². The zero-order valence-electron chi connectivity index (χ0n) is 4.52. The van der Waals surface area contributed by atoms with E-state index in [4.69, 9.17) is 0 Å². The molecule has 1 heterocycles. The van der Waals surface area contributed by atoms with Crippen LogP contribution in [-0.4, -0.2) is 16.1 Å². The fourth-order valence-corrected chi connectivity index (χ4v) is 3.04. The van der Waals surface area contributed by atoms with Crippen LogP contribution in [0.2, 0.25) is 0 Å². The Balaban J connectivity index is 2.12. The average Bonchev–Trinajstić information content (AvgIpc) is 1.69. The first-order chi connectivity index (χ1) is 3.39. The van der Waals surface area contributed by atoms with Crippen molar-refractivity contribution in [2.45, 2.75) is 17.9 Å². The molecule has 2 heteroatoms. The summed E-state index contributed by atoms with van der Waals surface area (Å²) in [4.78, 5) is 0. The Labute approximate surface area is 53.4 Å². The maximum atomic E-state index is 2.29. The van der Waals surface area contributed by atoms with Crippen molar-refractivity contribution in [2.24, 2.45) is 0 Å². The maximum Gasteiger partial charge on any atom is 0.0474 e. The predicted molar refractivity (Wildman–Crippen MR) is 39.0 cm³/mol. The highest BCUT2D eigenvalue weighted by Crippen LogP contribution is 2.29. The molecule has 0 bridgehead atoms. The second-order valence-electron chi connectivity index (χ2n) is 1.66. The average molecular weight is 134 g/mol. The van der Waals surface area contributed by atoms with Gasteiger partial charge < -0.3 is 0 Å². The Hall–Kier alpha value is 0.700. The quantitative estimate of drug-likeness (QED) is 0.498. The van der Waals surface area contributed by atoms with E-state index in [2.05, 4.69) is 30.4 Å². The van der Waals surface area contributed by atoms with E-state index in [1.165, 1.54) is 17.9 Å². The Kier molecular flexibility index (Phi) is 2.40. The van der Waals surface area contributed by atoms with Gasteiger partial charge >= 0.3 is 0 Å². The van der Waals surface area contributed by atoms with E-state index < -0.39 is 0 Å². The summed E-state index contributed by atoms with van der Waals surface area (Å²) < 4.78 is 0.869. The number of thioether (sulfide) groups is 2. The molecule has 1 saturated heterocycles. The highest BCUT2D eigenvalue weighted by Gasteiger charge is 2.06. The van der Waals surface area contributed by atoms with Gasteiger partial charge in [0.2, 0.25) is 0 Å². The fourth-order valence-electron chi connectivity index (χ4n) is 0.606. The SMILES string of the molecule is CC1SCCCS1. The third-order valence-electron chi connectivity index (χ3n) is 0.994. The Bertz CT molecular complexity index is 48.0. The first-order valence-electron chi connectivity index (χ1n) is 2.63. The van der Waals surface area contributed by atoms with Crippen LogP contribution in [0.3, 0.4) is 0 Å². The van der Waals surface area contributed by atoms with E-state index in [1.807, 2.05) is 0 Å². The van der Waals surface area contributed by atoms with E-state index in [0.29, 0.717) is 0 Å². The molecule has 0 spiro atoms. The molecule has 0 N–H and O–H groups in total. The molecule has 0 atom stereocenters. The standard InChI is InChI=1S/C5H10S2/c1-5-6-3-2-4-7-5/h5H,2-4H2,1H3. The van der Waals surface area contributed by atoms with Crippen LogP contribution < -0.4 is 0 Å². The molecule has 1 aliphatic heterocycles. The summed E-state index contributed by atoms with van der Waals surface area (Å²) in [7, 11) is 0. The Morgan fingerprint density at radius 1 is 1.29 bits per heavy atom. The molecule has 1 fully saturated rings. The minimum atomic E-state index is 0.869. The molecule has 0 nitrogen and oxygen atoms in total. The van der Waals surface area contributed by atoms with Gasteiger partial charge in [0, 0.05) is 4.58 Å². The molecular weight excluding hydrogens is 124 g/mol. The smallest absolute Gasteiger partial charge is 0.0474 e. The van der Waals surface area contributed by atoms with Crippen LogP contribution in [0.1, 0.15) is 13.3 Å². The van der Waals surface area contributed by atoms with Gasteiger partial charge in [0.05, 0.1) is 0 Å². The van der Waals surface area contributed by atoms with Gasteiger partial charge in [0.1, 0.15) is 0 Å². The van der Waals surface area contributed by atoms with Crippen molar-refractivity contribution < 1.29 is 0 Å². The largest absolute Gasteiger partial charge is 0.148 e. The van der Waals surface area contributed by atoms with Gasteiger partial charge in [-0.3, -0.25) is 0 Å². The van der Waals surface area contributed by atoms with E-state index in [0.717, 1.165) is 4.58 Å². The molecule has 0 aromatic carbocycles. The minimum absolute atomic E-state index is 0.869. The lowest BCUT2D eigenvalue weighted by atomic mass is 10.6. The molecule has 1 rings (SSSR count). The number of hydrogen-bond donors (Lipinski definition) is 0. The first-order valence-corrected chi connectivity index (χ1v) is 4.72. The zero-order chi connectivity index (χ0) is 5.11. The lowest BCUT2D eigenvalue weighted by Gasteiger charge is -2.15. The van der Waals surface area contributed by atoms with Crippen molar-refractivity contribution in [1.29, 1.82) is 0 Å². The van der Waals surface area contributed by atoms with Crippen molar-refractivity contribution in [1.82, 2.24) is 0 Å². The molecule has 1 aliphatic rings. The molecule has 42 valence electrons. The van der Waals surface area contributed by atoms with Gasteiger partial charge in [-0.05, 0) is 24.9 Å². The van der Waals surface area contributed by atoms with Crippen molar-refractivity contribution in [3.63, 3.8) is 0 Å². The summed E-state index contributed by atoms with van der Waals surface area (Å²) in [6.07, 6.45) is 1.42. The summed E-state index contributed by atoms with van der Waals surface area (Å²) in [5.74, 6) is 2.77. The summed E-state index contributed by atoms with van der Waals surface area (Å²) >= 11 is 4.16. The van der Waals surface area contributed by atoms with Crippen LogP contribution in [0.15, 0.2) is 0 Å². The van der Waals surface area contributed by atoms with Crippen molar-refractivity contribution in [2.75, 3.05) is 11.5 Å². The second kappa shape index (κ2) is 2.88. The highest BCUT2D eigenvalue weighted by atomic mass is 32.2. The molecule has 0 saturated carbocycles. The Morgan fingerprint density at radius 3 is 2.14 bits per heavy atom. The predicted octanol–water partition coefficient (Wildman–Crippen LogP) is 2.20. The van der Waals surface area contributed by atoms with E-state index in [1.54, 1.807) is 0 Å². The molecule has 0 aromatic heterocycles. The molecule has 7 heavy (non-hydrogen) atoms. The van der Waals surface area contributed by atoms with E-state index >= 15 is 0 Å². The monoisotopic (exact) mass is 134 g/mol. The highest BCUT2D eigenvalue weighted by molar-refractivity contribution is 8.17. The first kappa shape index (κ1) is 5.83. The van der Waals surface area contributed by atoms with Gasteiger partial charge in [-0.15, -0.1) is 23.5 Å². The van der Waals surface area contributed by atoms with Gasteiger partial charge in [-0.2, -0.15) is 0 Å². The topological polar surface area (TPSA) is 0 Å². The van der Waals surface area contributed by atoms with Crippen LogP contribution in [0, 0.1) is 0 Å². The third kappa shape index (κ3) is 1.96. The van der Waals surface area contributed by atoms with Crippen LogP contribution in [0.5, 0.6) is 0 Å². The van der Waals surface area contributed by atoms with Crippen molar-refractivity contribution in [3.05, 3.63) is 0 Å². The fraction of sp³-hybridized carbons (Fsp3) is 1.00. The maximum absolute atomic E-state index is 2.29. The van der Waals surface area contributed by atoms with Crippen LogP contribution in [0.4, 0.5) is 0 Å². The van der Waals surface area contributed by atoms with Crippen molar-refractivity contribution >= 4 is 23.5 Å². The number of hydrogen-bond acceptors (Lipinski definition) is 2. The van der Waals surface area contributed by atoms with Crippen LogP contribution >= 0.6 is 23.5 Å².